The average molecular weight is 416 g/mol. The summed E-state index contributed by atoms with van der Waals surface area (Å²) in [5, 5.41) is 4.73. The van der Waals surface area contributed by atoms with E-state index in [4.69, 9.17) is 14.6 Å². The summed E-state index contributed by atoms with van der Waals surface area (Å²) in [6, 6.07) is 17.3. The number of hydrogen-bond acceptors (Lipinski definition) is 5. The van der Waals surface area contributed by atoms with Gasteiger partial charge < -0.3 is 9.47 Å². The summed E-state index contributed by atoms with van der Waals surface area (Å²) in [4.78, 5) is 24.3. The first-order valence-electron chi connectivity index (χ1n) is 10.3. The van der Waals surface area contributed by atoms with Crippen molar-refractivity contribution in [1.82, 2.24) is 9.78 Å². The number of Topliss-reactive ketones (excluding diaryl/α,β-unsaturated/α-hetero) is 1. The van der Waals surface area contributed by atoms with Crippen LogP contribution in [0.15, 0.2) is 66.9 Å². The van der Waals surface area contributed by atoms with Gasteiger partial charge in [0.2, 0.25) is 0 Å². The maximum Gasteiger partial charge on any atom is 0.331 e. The highest BCUT2D eigenvalue weighted by molar-refractivity contribution is 5.92. The van der Waals surface area contributed by atoms with Crippen LogP contribution in [0.4, 0.5) is 0 Å². The van der Waals surface area contributed by atoms with E-state index in [1.807, 2.05) is 60.8 Å². The first kappa shape index (κ1) is 20.6. The number of ether oxygens (including phenoxy) is 2. The lowest BCUT2D eigenvalue weighted by Gasteiger charge is -2.19. The van der Waals surface area contributed by atoms with Gasteiger partial charge in [0.25, 0.3) is 0 Å². The Kier molecular flexibility index (Phi) is 6.26. The number of carbonyl (C=O) groups excluding carboxylic acids is 2. The molecule has 0 radical (unpaired) electrons. The van der Waals surface area contributed by atoms with Crippen LogP contribution in [0.5, 0.6) is 5.75 Å². The number of carbonyl (C=O) groups is 2. The fourth-order valence-electron chi connectivity index (χ4n) is 3.61. The molecule has 0 bridgehead atoms. The van der Waals surface area contributed by atoms with Crippen molar-refractivity contribution in [3.63, 3.8) is 0 Å². The summed E-state index contributed by atoms with van der Waals surface area (Å²) in [6.07, 6.45) is 7.13. The lowest BCUT2D eigenvalue weighted by atomic mass is 9.96. The highest BCUT2D eigenvalue weighted by atomic mass is 16.5. The molecule has 1 saturated carbocycles. The van der Waals surface area contributed by atoms with Crippen molar-refractivity contribution in [1.29, 1.82) is 0 Å². The molecule has 1 aliphatic rings. The lowest BCUT2D eigenvalue weighted by Crippen LogP contribution is -2.29. The zero-order valence-corrected chi connectivity index (χ0v) is 17.4. The van der Waals surface area contributed by atoms with Gasteiger partial charge in [0.15, 0.2) is 11.9 Å². The van der Waals surface area contributed by atoms with Gasteiger partial charge in [0, 0.05) is 29.8 Å². The van der Waals surface area contributed by atoms with Crippen molar-refractivity contribution >= 4 is 17.8 Å². The van der Waals surface area contributed by atoms with E-state index in [0.29, 0.717) is 12.8 Å². The molecule has 0 aliphatic heterocycles. The predicted octanol–water partition coefficient (Wildman–Crippen LogP) is 4.62. The van der Waals surface area contributed by atoms with E-state index in [2.05, 4.69) is 0 Å². The Bertz CT molecular complexity index is 1080. The van der Waals surface area contributed by atoms with Crippen LogP contribution in [-0.4, -0.2) is 34.7 Å². The summed E-state index contributed by atoms with van der Waals surface area (Å²) in [5.74, 6) is 0.237. The zero-order valence-electron chi connectivity index (χ0n) is 17.4. The normalized spacial score (nSPS) is 16.4. The van der Waals surface area contributed by atoms with Crippen LogP contribution in [0.1, 0.15) is 31.2 Å². The van der Waals surface area contributed by atoms with Crippen molar-refractivity contribution < 1.29 is 19.1 Å². The van der Waals surface area contributed by atoms with Gasteiger partial charge in [-0.15, -0.1) is 0 Å². The molecule has 1 heterocycles. The third kappa shape index (κ3) is 4.91. The van der Waals surface area contributed by atoms with E-state index in [9.17, 15) is 9.59 Å². The van der Waals surface area contributed by atoms with E-state index in [-0.39, 0.29) is 5.78 Å². The SMILES string of the molecule is COc1ccc(-c2nn(-c3ccccc3)cc2/C=C/C(=O)O[C@@H]2CCCCC2=O)cc1. The minimum atomic E-state index is -0.626. The molecule has 1 atom stereocenters. The summed E-state index contributed by atoms with van der Waals surface area (Å²) >= 11 is 0. The van der Waals surface area contributed by atoms with E-state index in [0.717, 1.165) is 41.1 Å². The summed E-state index contributed by atoms with van der Waals surface area (Å²) in [5.41, 5.74) is 3.29. The van der Waals surface area contributed by atoms with Crippen LogP contribution >= 0.6 is 0 Å². The maximum absolute atomic E-state index is 12.3. The van der Waals surface area contributed by atoms with Gasteiger partial charge in [-0.05, 0) is 61.7 Å². The molecule has 1 aromatic heterocycles. The zero-order chi connectivity index (χ0) is 21.6. The summed E-state index contributed by atoms with van der Waals surface area (Å²) < 4.78 is 12.4. The Morgan fingerprint density at radius 3 is 2.58 bits per heavy atom. The Morgan fingerprint density at radius 1 is 1.10 bits per heavy atom. The minimum Gasteiger partial charge on any atom is -0.497 e. The molecule has 0 saturated heterocycles. The van der Waals surface area contributed by atoms with Gasteiger partial charge in [-0.2, -0.15) is 5.10 Å². The maximum atomic E-state index is 12.3. The molecule has 1 fully saturated rings. The molecule has 0 unspecified atom stereocenters. The minimum absolute atomic E-state index is 0.00354. The largest absolute Gasteiger partial charge is 0.497 e. The number of esters is 1. The van der Waals surface area contributed by atoms with Gasteiger partial charge in [-0.1, -0.05) is 18.2 Å². The van der Waals surface area contributed by atoms with Crippen LogP contribution in [-0.2, 0) is 14.3 Å². The molecular formula is C25H24N2O4. The van der Waals surface area contributed by atoms with Crippen LogP contribution in [0.2, 0.25) is 0 Å². The highest BCUT2D eigenvalue weighted by Crippen LogP contribution is 2.27. The van der Waals surface area contributed by atoms with Crippen LogP contribution in [0.25, 0.3) is 23.0 Å². The van der Waals surface area contributed by atoms with Crippen molar-refractivity contribution in [2.45, 2.75) is 31.8 Å². The molecular weight excluding hydrogens is 392 g/mol. The van der Waals surface area contributed by atoms with Gasteiger partial charge in [0.1, 0.15) is 5.75 Å². The first-order chi connectivity index (χ1) is 15.1. The first-order valence-corrected chi connectivity index (χ1v) is 10.3. The molecule has 31 heavy (non-hydrogen) atoms. The monoisotopic (exact) mass is 416 g/mol. The van der Waals surface area contributed by atoms with Crippen LogP contribution in [0, 0.1) is 0 Å². The number of nitrogens with zero attached hydrogens (tertiary/aromatic N) is 2. The van der Waals surface area contributed by atoms with E-state index < -0.39 is 12.1 Å². The lowest BCUT2D eigenvalue weighted by molar-refractivity contribution is -0.152. The van der Waals surface area contributed by atoms with Crippen molar-refractivity contribution in [2.24, 2.45) is 0 Å². The quantitative estimate of drug-likeness (QED) is 0.433. The fraction of sp³-hybridized carbons (Fsp3) is 0.240. The van der Waals surface area contributed by atoms with Gasteiger partial charge in [-0.3, -0.25) is 4.79 Å². The third-order valence-corrected chi connectivity index (χ3v) is 5.28. The molecule has 0 N–H and O–H groups in total. The third-order valence-electron chi connectivity index (χ3n) is 5.28. The second kappa shape index (κ2) is 9.43. The molecule has 3 aromatic rings. The summed E-state index contributed by atoms with van der Waals surface area (Å²) in [6.45, 7) is 0. The van der Waals surface area contributed by atoms with Gasteiger partial charge in [0.05, 0.1) is 18.5 Å². The number of aromatic nitrogens is 2. The second-order valence-corrected chi connectivity index (χ2v) is 7.41. The Morgan fingerprint density at radius 2 is 1.87 bits per heavy atom. The number of para-hydroxylation sites is 1. The fourth-order valence-corrected chi connectivity index (χ4v) is 3.61. The number of ketones is 1. The van der Waals surface area contributed by atoms with Crippen molar-refractivity contribution in [3.8, 4) is 22.7 Å². The molecule has 158 valence electrons. The Labute approximate surface area is 181 Å². The topological polar surface area (TPSA) is 70.4 Å². The van der Waals surface area contributed by atoms with Crippen LogP contribution < -0.4 is 4.74 Å². The summed E-state index contributed by atoms with van der Waals surface area (Å²) in [7, 11) is 1.62. The standard InChI is InChI=1S/C25H24N2O4/c1-30-21-14-11-18(12-15-21)25-19(17-27(26-25)20-7-3-2-4-8-20)13-16-24(29)31-23-10-6-5-9-22(23)28/h2-4,7-8,11-17,23H,5-6,9-10H2,1H3/b16-13+/t23-/m1/s1. The molecule has 6 heteroatoms. The van der Waals surface area contributed by atoms with E-state index in [1.54, 1.807) is 17.9 Å². The Hall–Kier alpha value is -3.67. The molecule has 0 spiro atoms. The number of benzene rings is 2. The van der Waals surface area contributed by atoms with Crippen LogP contribution in [0.3, 0.4) is 0 Å². The highest BCUT2D eigenvalue weighted by Gasteiger charge is 2.25. The van der Waals surface area contributed by atoms with Gasteiger partial charge in [-0.25, -0.2) is 9.48 Å². The van der Waals surface area contributed by atoms with Gasteiger partial charge >= 0.3 is 5.97 Å². The van der Waals surface area contributed by atoms with E-state index in [1.165, 1.54) is 6.08 Å². The smallest absolute Gasteiger partial charge is 0.331 e. The average Bonchev–Trinajstić information content (AvgIpc) is 3.24. The van der Waals surface area contributed by atoms with E-state index >= 15 is 0 Å². The molecule has 1 aliphatic carbocycles. The Balaban J connectivity index is 1.61. The molecule has 2 aromatic carbocycles. The second-order valence-electron chi connectivity index (χ2n) is 7.41. The molecule has 4 rings (SSSR count). The number of rotatable bonds is 6. The van der Waals surface area contributed by atoms with Crippen molar-refractivity contribution in [2.75, 3.05) is 7.11 Å². The predicted molar refractivity (Wildman–Crippen MR) is 118 cm³/mol. The number of hydrogen-bond donors (Lipinski definition) is 0. The molecule has 6 nitrogen and oxygen atoms in total. The molecule has 0 amide bonds. The van der Waals surface area contributed by atoms with Crippen molar-refractivity contribution in [3.05, 3.63) is 72.4 Å². The number of methoxy groups -OCH3 is 1.